The van der Waals surface area contributed by atoms with E-state index in [2.05, 4.69) is 0 Å². The van der Waals surface area contributed by atoms with E-state index >= 15 is 0 Å². The quantitative estimate of drug-likeness (QED) is 0.106. The smallest absolute Gasteiger partial charge is 0.280 e. The molecule has 0 aliphatic carbocycles. The number of ether oxygens (including phenoxy) is 1. The molecule has 1 amide bonds. The number of halogens is 2. The highest BCUT2D eigenvalue weighted by Gasteiger charge is 2.31. The Morgan fingerprint density at radius 1 is 0.729 bits per heavy atom. The van der Waals surface area contributed by atoms with Crippen molar-refractivity contribution >= 4 is 58.3 Å². The normalized spacial score (nSPS) is 13.6. The van der Waals surface area contributed by atoms with E-state index in [1.54, 1.807) is 11.8 Å². The average molecular weight is 688 g/mol. The highest BCUT2D eigenvalue weighted by Crippen LogP contribution is 2.32. The minimum absolute atomic E-state index is 0.197. The molecule has 0 saturated heterocycles. The predicted molar refractivity (Wildman–Crippen MR) is 196 cm³/mol. The molecule has 1 aliphatic heterocycles. The number of para-hydroxylation sites is 2. The first-order valence-electron chi connectivity index (χ1n) is 15.2. The molecule has 0 saturated carbocycles. The van der Waals surface area contributed by atoms with Gasteiger partial charge in [-0.05, 0) is 96.6 Å². The van der Waals surface area contributed by atoms with Gasteiger partial charge < -0.3 is 4.74 Å². The summed E-state index contributed by atoms with van der Waals surface area (Å²) in [5, 5.41) is 12.6. The van der Waals surface area contributed by atoms with Gasteiger partial charge in [0, 0.05) is 38.0 Å². The number of aromatic nitrogens is 2. The van der Waals surface area contributed by atoms with Crippen LogP contribution in [0.25, 0.3) is 23.0 Å². The van der Waals surface area contributed by atoms with Crippen molar-refractivity contribution in [2.75, 3.05) is 10.8 Å². The van der Waals surface area contributed by atoms with Crippen molar-refractivity contribution < 1.29 is 9.53 Å². The molecular formula is C39H28Cl2N4O2S. The lowest BCUT2D eigenvalue weighted by Crippen LogP contribution is -2.21. The Morgan fingerprint density at radius 3 is 2.02 bits per heavy atom. The average Bonchev–Trinajstić information content (AvgIpc) is 3.69. The lowest BCUT2D eigenvalue weighted by molar-refractivity contribution is -0.114. The van der Waals surface area contributed by atoms with Crippen LogP contribution in [0.2, 0.25) is 10.0 Å². The zero-order valence-electron chi connectivity index (χ0n) is 25.5. The fourth-order valence-corrected chi connectivity index (χ4v) is 6.28. The van der Waals surface area contributed by atoms with Gasteiger partial charge in [-0.3, -0.25) is 4.79 Å². The second-order valence-electron chi connectivity index (χ2n) is 11.0. The number of anilines is 1. The molecule has 9 heteroatoms. The van der Waals surface area contributed by atoms with E-state index in [0.717, 1.165) is 38.7 Å². The van der Waals surface area contributed by atoms with Gasteiger partial charge in [0.1, 0.15) is 12.4 Å². The molecular weight excluding hydrogens is 659 g/mol. The van der Waals surface area contributed by atoms with E-state index in [1.165, 1.54) is 5.01 Å². The van der Waals surface area contributed by atoms with Gasteiger partial charge in [-0.1, -0.05) is 71.7 Å². The molecule has 48 heavy (non-hydrogen) atoms. The molecule has 0 atom stereocenters. The fourth-order valence-electron chi connectivity index (χ4n) is 5.18. The number of carbonyl (C=O) groups excluding carboxylic acids is 1. The summed E-state index contributed by atoms with van der Waals surface area (Å²) in [6.45, 7) is 0.423. The Balaban J connectivity index is 1.23. The van der Waals surface area contributed by atoms with Gasteiger partial charge in [0.25, 0.3) is 5.91 Å². The fraction of sp³-hybridized carbons (Fsp3) is 0.0513. The first-order chi connectivity index (χ1) is 23.5. The van der Waals surface area contributed by atoms with Crippen molar-refractivity contribution in [3.05, 3.63) is 166 Å². The summed E-state index contributed by atoms with van der Waals surface area (Å²) in [5.41, 5.74) is 6.22. The number of thioether (sulfide) groups is 1. The molecule has 1 aliphatic rings. The van der Waals surface area contributed by atoms with E-state index in [1.807, 2.05) is 150 Å². The lowest BCUT2D eigenvalue weighted by atomic mass is 10.0. The minimum Gasteiger partial charge on any atom is -0.489 e. The molecule has 6 aromatic rings. The maximum Gasteiger partial charge on any atom is 0.280 e. The molecule has 0 unspecified atom stereocenters. The summed E-state index contributed by atoms with van der Waals surface area (Å²) < 4.78 is 7.86. The molecule has 5 aromatic carbocycles. The molecule has 6 nitrogen and oxygen atoms in total. The zero-order chi connectivity index (χ0) is 32.9. The van der Waals surface area contributed by atoms with E-state index in [9.17, 15) is 4.79 Å². The highest BCUT2D eigenvalue weighted by molar-refractivity contribution is 8.00. The van der Waals surface area contributed by atoms with Crippen molar-refractivity contribution in [3.63, 3.8) is 0 Å². The Labute approximate surface area is 292 Å². The third-order valence-electron chi connectivity index (χ3n) is 7.65. The SMILES string of the molecule is O=C1C(=Cc2cn(-c3ccccc3)nc2-c2ccc(OCc3ccc(Cl)cc3)cc2)C(CSc2ccc(Cl)cc2)=NN1c1ccccc1. The second-order valence-corrected chi connectivity index (χ2v) is 12.9. The number of hydrogen-bond donors (Lipinski definition) is 0. The van der Waals surface area contributed by atoms with Gasteiger partial charge in [0.2, 0.25) is 0 Å². The van der Waals surface area contributed by atoms with Crippen LogP contribution < -0.4 is 9.75 Å². The van der Waals surface area contributed by atoms with Crippen molar-refractivity contribution in [1.29, 1.82) is 0 Å². The molecule has 0 radical (unpaired) electrons. The number of hydrazone groups is 1. The van der Waals surface area contributed by atoms with Crippen LogP contribution in [0.15, 0.2) is 155 Å². The maximum atomic E-state index is 14.0. The number of benzene rings is 5. The van der Waals surface area contributed by atoms with Crippen LogP contribution in [0.3, 0.4) is 0 Å². The molecule has 0 spiro atoms. The highest BCUT2D eigenvalue weighted by atomic mass is 35.5. The van der Waals surface area contributed by atoms with Crippen molar-refractivity contribution in [2.45, 2.75) is 11.5 Å². The van der Waals surface area contributed by atoms with Crippen LogP contribution in [0.1, 0.15) is 11.1 Å². The summed E-state index contributed by atoms with van der Waals surface area (Å²) in [4.78, 5) is 15.0. The first kappa shape index (κ1) is 31.5. The number of nitrogens with zero attached hydrogens (tertiary/aromatic N) is 4. The van der Waals surface area contributed by atoms with E-state index < -0.39 is 0 Å². The van der Waals surface area contributed by atoms with Gasteiger partial charge in [-0.25, -0.2) is 4.68 Å². The largest absolute Gasteiger partial charge is 0.489 e. The minimum atomic E-state index is -0.197. The summed E-state index contributed by atoms with van der Waals surface area (Å²) in [6.07, 6.45) is 3.85. The van der Waals surface area contributed by atoms with Crippen LogP contribution >= 0.6 is 35.0 Å². The van der Waals surface area contributed by atoms with Crippen molar-refractivity contribution in [3.8, 4) is 22.7 Å². The van der Waals surface area contributed by atoms with E-state index in [0.29, 0.717) is 39.4 Å². The molecule has 236 valence electrons. The van der Waals surface area contributed by atoms with Gasteiger partial charge in [-0.15, -0.1) is 11.8 Å². The third kappa shape index (κ3) is 7.24. The van der Waals surface area contributed by atoms with Crippen LogP contribution in [-0.2, 0) is 11.4 Å². The van der Waals surface area contributed by atoms with E-state index in [4.69, 9.17) is 38.1 Å². The van der Waals surface area contributed by atoms with Gasteiger partial charge >= 0.3 is 0 Å². The Hall–Kier alpha value is -5.08. The van der Waals surface area contributed by atoms with Gasteiger partial charge in [0.05, 0.1) is 28.4 Å². The first-order valence-corrected chi connectivity index (χ1v) is 16.9. The third-order valence-corrected chi connectivity index (χ3v) is 9.18. The summed E-state index contributed by atoms with van der Waals surface area (Å²) in [5.74, 6) is 1.02. The molecule has 1 aromatic heterocycles. The Kier molecular flexibility index (Phi) is 9.43. The van der Waals surface area contributed by atoms with E-state index in [-0.39, 0.29) is 5.91 Å². The standard InChI is InChI=1S/C39H28Cl2N4O2S/c40-30-15-11-27(12-16-30)25-47-34-19-13-28(14-20-34)38-29(24-44(43-38)32-7-3-1-4-8-32)23-36-37(26-48-35-21-17-31(41)18-22-35)42-45(39(36)46)33-9-5-2-6-10-33/h1-24H,25-26H2. The summed E-state index contributed by atoms with van der Waals surface area (Å²) in [7, 11) is 0. The monoisotopic (exact) mass is 686 g/mol. The maximum absolute atomic E-state index is 14.0. The topological polar surface area (TPSA) is 59.7 Å². The number of hydrogen-bond acceptors (Lipinski definition) is 5. The zero-order valence-corrected chi connectivity index (χ0v) is 27.9. The number of rotatable bonds is 10. The lowest BCUT2D eigenvalue weighted by Gasteiger charge is -2.11. The molecule has 7 rings (SSSR count). The predicted octanol–water partition coefficient (Wildman–Crippen LogP) is 10.0. The summed E-state index contributed by atoms with van der Waals surface area (Å²) in [6, 6.07) is 42.4. The van der Waals surface area contributed by atoms with Crippen LogP contribution in [0, 0.1) is 0 Å². The molecule has 2 heterocycles. The number of amides is 1. The van der Waals surface area contributed by atoms with Crippen LogP contribution in [0.4, 0.5) is 5.69 Å². The second kappa shape index (κ2) is 14.4. The molecule has 0 bridgehead atoms. The van der Waals surface area contributed by atoms with Gasteiger partial charge in [0.15, 0.2) is 0 Å². The number of carbonyl (C=O) groups is 1. The van der Waals surface area contributed by atoms with Crippen molar-refractivity contribution in [1.82, 2.24) is 9.78 Å². The Morgan fingerprint density at radius 2 is 1.35 bits per heavy atom. The summed E-state index contributed by atoms with van der Waals surface area (Å²) >= 11 is 13.7. The van der Waals surface area contributed by atoms with Crippen LogP contribution in [0.5, 0.6) is 5.75 Å². The Bertz CT molecular complexity index is 2100. The van der Waals surface area contributed by atoms with Crippen LogP contribution in [-0.4, -0.2) is 27.2 Å². The van der Waals surface area contributed by atoms with Crippen molar-refractivity contribution in [2.24, 2.45) is 5.10 Å². The van der Waals surface area contributed by atoms with Gasteiger partial charge in [-0.2, -0.15) is 15.2 Å². The molecule has 0 fully saturated rings. The molecule has 0 N–H and O–H groups in total.